The molecule has 2 aromatic rings. The van der Waals surface area contributed by atoms with Gasteiger partial charge in [-0.25, -0.2) is 14.4 Å². The van der Waals surface area contributed by atoms with Gasteiger partial charge in [0.1, 0.15) is 25.0 Å². The van der Waals surface area contributed by atoms with Crippen LogP contribution in [0.4, 0.5) is 4.79 Å². The molecular weight excluding hydrogens is 442 g/mol. The van der Waals surface area contributed by atoms with Crippen LogP contribution in [0.3, 0.4) is 0 Å². The fraction of sp³-hybridized carbons (Fsp3) is 0.417. The monoisotopic (exact) mass is 473 g/mol. The summed E-state index contributed by atoms with van der Waals surface area (Å²) in [6.45, 7) is 8.58. The van der Waals surface area contributed by atoms with Gasteiger partial charge in [0, 0.05) is 18.8 Å². The van der Waals surface area contributed by atoms with Crippen molar-refractivity contribution in [3.8, 4) is 0 Å². The first kappa shape index (κ1) is 26.6. The van der Waals surface area contributed by atoms with E-state index >= 15 is 0 Å². The Kier molecular flexibility index (Phi) is 9.81. The maximum absolute atomic E-state index is 12.8. The van der Waals surface area contributed by atoms with E-state index in [2.05, 4.69) is 11.9 Å². The Bertz CT molecular complexity index is 1080. The van der Waals surface area contributed by atoms with E-state index in [9.17, 15) is 19.2 Å². The summed E-state index contributed by atoms with van der Waals surface area (Å²) in [6.07, 6.45) is 1.85. The van der Waals surface area contributed by atoms with Crippen LogP contribution in [0.5, 0.6) is 0 Å². The second-order valence-electron chi connectivity index (χ2n) is 8.43. The number of nitrogens with one attached hydrogen (secondary N) is 1. The van der Waals surface area contributed by atoms with E-state index < -0.39 is 35.0 Å². The fourth-order valence-electron chi connectivity index (χ4n) is 2.90. The van der Waals surface area contributed by atoms with Crippen molar-refractivity contribution in [2.24, 2.45) is 0 Å². The molecule has 1 heterocycles. The molecule has 0 saturated carbocycles. The van der Waals surface area contributed by atoms with Crippen LogP contribution in [0.1, 0.15) is 32.8 Å². The number of hydrogen-bond donors (Lipinski definition) is 1. The Morgan fingerprint density at radius 1 is 1.15 bits per heavy atom. The lowest BCUT2D eigenvalue weighted by Gasteiger charge is -2.23. The summed E-state index contributed by atoms with van der Waals surface area (Å²) in [5.74, 6) is -0.735. The van der Waals surface area contributed by atoms with Gasteiger partial charge in [-0.05, 0) is 32.8 Å². The van der Waals surface area contributed by atoms with Crippen LogP contribution in [0, 0.1) is 0 Å². The van der Waals surface area contributed by atoms with Crippen LogP contribution in [-0.2, 0) is 38.9 Å². The predicted octanol–water partition coefficient (Wildman–Crippen LogP) is 2.20. The largest absolute Gasteiger partial charge is 0.460 e. The maximum atomic E-state index is 12.8. The number of benzene rings is 1. The van der Waals surface area contributed by atoms with Gasteiger partial charge in [-0.2, -0.15) is 0 Å². The van der Waals surface area contributed by atoms with Gasteiger partial charge >= 0.3 is 17.8 Å². The second-order valence-corrected chi connectivity index (χ2v) is 8.43. The molecule has 1 unspecified atom stereocenters. The Balaban J connectivity index is 2.10. The molecule has 1 aromatic heterocycles. The summed E-state index contributed by atoms with van der Waals surface area (Å²) >= 11 is 0. The minimum Gasteiger partial charge on any atom is -0.460 e. The number of carbonyl (C=O) groups is 2. The number of carbonyl (C=O) groups excluding carboxylic acids is 2. The summed E-state index contributed by atoms with van der Waals surface area (Å²) in [5.41, 5.74) is -0.974. The second kappa shape index (κ2) is 12.5. The third-order valence-electron chi connectivity index (χ3n) is 4.44. The zero-order valence-electron chi connectivity index (χ0n) is 19.7. The molecular formula is C24H31N3O7. The maximum Gasteiger partial charge on any atom is 0.408 e. The predicted molar refractivity (Wildman–Crippen MR) is 125 cm³/mol. The molecule has 10 nitrogen and oxygen atoms in total. The number of nitrogens with zero attached hydrogens (tertiary/aromatic N) is 2. The number of esters is 1. The van der Waals surface area contributed by atoms with Gasteiger partial charge in [-0.1, -0.05) is 43.0 Å². The topological polar surface area (TPSA) is 118 Å². The number of rotatable bonds is 11. The molecule has 0 fully saturated rings. The minimum atomic E-state index is -1.14. The van der Waals surface area contributed by atoms with Crippen molar-refractivity contribution in [1.29, 1.82) is 0 Å². The van der Waals surface area contributed by atoms with Crippen LogP contribution in [0.25, 0.3) is 0 Å². The fourth-order valence-corrected chi connectivity index (χ4v) is 2.90. The van der Waals surface area contributed by atoms with E-state index in [1.54, 1.807) is 20.8 Å². The number of amides is 1. The summed E-state index contributed by atoms with van der Waals surface area (Å²) in [6, 6.07) is 9.55. The first-order valence-electron chi connectivity index (χ1n) is 10.8. The summed E-state index contributed by atoms with van der Waals surface area (Å²) in [5, 5.41) is 2.44. The average Bonchev–Trinajstić information content (AvgIpc) is 2.77. The molecule has 184 valence electrons. The standard InChI is InChI=1S/C24H31N3O7/c1-5-15-33-21(29)19(25-22(30)34-24(2,3)4)11-14-27-20(28)12-13-26(23(27)31)17-32-16-18-9-7-6-8-10-18/h5-10,12-13,19H,1,11,14-17H2,2-4H3,(H,25,30). The van der Waals surface area contributed by atoms with E-state index in [4.69, 9.17) is 14.2 Å². The normalized spacial score (nSPS) is 12.0. The molecule has 0 saturated heterocycles. The highest BCUT2D eigenvalue weighted by molar-refractivity contribution is 5.81. The van der Waals surface area contributed by atoms with E-state index in [0.29, 0.717) is 6.61 Å². The first-order chi connectivity index (χ1) is 16.1. The average molecular weight is 474 g/mol. The first-order valence-corrected chi connectivity index (χ1v) is 10.8. The van der Waals surface area contributed by atoms with Crippen LogP contribution in [-0.4, -0.2) is 39.4 Å². The van der Waals surface area contributed by atoms with Crippen molar-refractivity contribution in [3.63, 3.8) is 0 Å². The van der Waals surface area contributed by atoms with Crippen molar-refractivity contribution >= 4 is 12.1 Å². The minimum absolute atomic E-state index is 0.0534. The number of hydrogen-bond acceptors (Lipinski definition) is 7. The van der Waals surface area contributed by atoms with Crippen molar-refractivity contribution in [2.45, 2.75) is 58.7 Å². The highest BCUT2D eigenvalue weighted by Crippen LogP contribution is 2.08. The van der Waals surface area contributed by atoms with Crippen molar-refractivity contribution < 1.29 is 23.8 Å². The van der Waals surface area contributed by atoms with Crippen molar-refractivity contribution in [2.75, 3.05) is 6.61 Å². The molecule has 34 heavy (non-hydrogen) atoms. The quantitative estimate of drug-likeness (QED) is 0.393. The molecule has 0 aliphatic heterocycles. The molecule has 0 radical (unpaired) electrons. The molecule has 2 rings (SSSR count). The lowest BCUT2D eigenvalue weighted by atomic mass is 10.2. The Hall–Kier alpha value is -3.66. The third-order valence-corrected chi connectivity index (χ3v) is 4.44. The number of alkyl carbamates (subject to hydrolysis) is 1. The molecule has 1 aromatic carbocycles. The molecule has 0 bridgehead atoms. The van der Waals surface area contributed by atoms with Crippen LogP contribution in [0.15, 0.2) is 64.8 Å². The van der Waals surface area contributed by atoms with Gasteiger partial charge in [0.15, 0.2) is 0 Å². The third kappa shape index (κ3) is 8.70. The summed E-state index contributed by atoms with van der Waals surface area (Å²) in [4.78, 5) is 49.7. The molecule has 1 amide bonds. The lowest BCUT2D eigenvalue weighted by Crippen LogP contribution is -2.46. The van der Waals surface area contributed by atoms with E-state index in [0.717, 1.165) is 10.1 Å². The highest BCUT2D eigenvalue weighted by Gasteiger charge is 2.26. The van der Waals surface area contributed by atoms with Gasteiger partial charge in [-0.15, -0.1) is 0 Å². The molecule has 1 atom stereocenters. The van der Waals surface area contributed by atoms with Crippen LogP contribution >= 0.6 is 0 Å². The van der Waals surface area contributed by atoms with E-state index in [1.807, 2.05) is 30.3 Å². The Labute approximate surface area is 197 Å². The van der Waals surface area contributed by atoms with Gasteiger partial charge in [-0.3, -0.25) is 13.9 Å². The van der Waals surface area contributed by atoms with Crippen molar-refractivity contribution in [1.82, 2.24) is 14.5 Å². The van der Waals surface area contributed by atoms with Crippen molar-refractivity contribution in [3.05, 3.63) is 81.7 Å². The zero-order chi connectivity index (χ0) is 25.1. The zero-order valence-corrected chi connectivity index (χ0v) is 19.7. The molecule has 1 N–H and O–H groups in total. The number of ether oxygens (including phenoxy) is 3. The molecule has 0 spiro atoms. The molecule has 0 aliphatic carbocycles. The molecule has 10 heteroatoms. The van der Waals surface area contributed by atoms with Gasteiger partial charge < -0.3 is 19.5 Å². The Morgan fingerprint density at radius 2 is 1.85 bits per heavy atom. The van der Waals surface area contributed by atoms with Gasteiger partial charge in [0.05, 0.1) is 6.61 Å². The summed E-state index contributed by atoms with van der Waals surface area (Å²) < 4.78 is 18.0. The van der Waals surface area contributed by atoms with E-state index in [-0.39, 0.29) is 26.3 Å². The van der Waals surface area contributed by atoms with Crippen LogP contribution in [0.2, 0.25) is 0 Å². The van der Waals surface area contributed by atoms with E-state index in [1.165, 1.54) is 22.9 Å². The van der Waals surface area contributed by atoms with Gasteiger partial charge in [0.25, 0.3) is 5.56 Å². The Morgan fingerprint density at radius 3 is 2.50 bits per heavy atom. The van der Waals surface area contributed by atoms with Gasteiger partial charge in [0.2, 0.25) is 0 Å². The smallest absolute Gasteiger partial charge is 0.408 e. The SMILES string of the molecule is C=CCOC(=O)C(CCn1c(=O)ccn(COCc2ccccc2)c1=O)NC(=O)OC(C)(C)C. The highest BCUT2D eigenvalue weighted by atomic mass is 16.6. The summed E-state index contributed by atoms with van der Waals surface area (Å²) in [7, 11) is 0. The molecule has 0 aliphatic rings. The van der Waals surface area contributed by atoms with Crippen LogP contribution < -0.4 is 16.6 Å². The lowest BCUT2D eigenvalue weighted by molar-refractivity contribution is -0.145. The number of aromatic nitrogens is 2.